The van der Waals surface area contributed by atoms with Gasteiger partial charge in [0.05, 0.1) is 6.54 Å². The molecule has 2 unspecified atom stereocenters. The predicted octanol–water partition coefficient (Wildman–Crippen LogP) is 0.351. The van der Waals surface area contributed by atoms with Crippen LogP contribution in [0, 0.1) is 11.3 Å². The van der Waals surface area contributed by atoms with E-state index in [1.807, 2.05) is 6.92 Å². The highest BCUT2D eigenvalue weighted by Crippen LogP contribution is 2.06. The molecule has 0 saturated heterocycles. The van der Waals surface area contributed by atoms with Gasteiger partial charge in [0.25, 0.3) is 0 Å². The van der Waals surface area contributed by atoms with Gasteiger partial charge in [-0.3, -0.25) is 10.2 Å². The molecule has 0 aliphatic heterocycles. The molecule has 2 atom stereocenters. The fraction of sp³-hybridized carbons (Fsp3) is 0.778. The highest BCUT2D eigenvalue weighted by molar-refractivity contribution is 5.73. The second kappa shape index (κ2) is 7.30. The molecule has 88 valence electrons. The van der Waals surface area contributed by atoms with E-state index in [9.17, 15) is 9.18 Å². The maximum atomic E-state index is 12.0. The Morgan fingerprint density at radius 1 is 1.60 bits per heavy atom. The van der Waals surface area contributed by atoms with E-state index in [0.29, 0.717) is 19.4 Å². The minimum absolute atomic E-state index is 0.0741. The molecule has 0 fully saturated rings. The van der Waals surface area contributed by atoms with E-state index in [1.165, 1.54) is 0 Å². The summed E-state index contributed by atoms with van der Waals surface area (Å²) in [5.74, 6) is -1.68. The van der Waals surface area contributed by atoms with Crippen LogP contribution in [-0.4, -0.2) is 36.2 Å². The van der Waals surface area contributed by atoms with Gasteiger partial charge >= 0.3 is 5.97 Å². The third-order valence-corrected chi connectivity index (χ3v) is 2.06. The summed E-state index contributed by atoms with van der Waals surface area (Å²) in [6.07, 6.45) is 1.07. The molecule has 6 heteroatoms. The molecule has 0 heterocycles. The summed E-state index contributed by atoms with van der Waals surface area (Å²) in [4.78, 5) is 10.4. The van der Waals surface area contributed by atoms with E-state index >= 15 is 0 Å². The zero-order valence-corrected chi connectivity index (χ0v) is 8.79. The van der Waals surface area contributed by atoms with Gasteiger partial charge in [0.15, 0.2) is 5.97 Å². The Balaban J connectivity index is 3.52. The fourth-order valence-corrected chi connectivity index (χ4v) is 1.12. The Bertz CT molecular complexity index is 223. The molecular weight excluding hydrogens is 201 g/mol. The second-order valence-electron chi connectivity index (χ2n) is 3.66. The van der Waals surface area contributed by atoms with Crippen molar-refractivity contribution in [2.45, 2.75) is 25.8 Å². The first-order valence-corrected chi connectivity index (χ1v) is 4.85. The lowest BCUT2D eigenvalue weighted by molar-refractivity contribution is -0.138. The number of aliphatic carboxylic acids is 1. The summed E-state index contributed by atoms with van der Waals surface area (Å²) in [5.41, 5.74) is 5.33. The van der Waals surface area contributed by atoms with Gasteiger partial charge < -0.3 is 16.2 Å². The molecule has 0 bridgehead atoms. The van der Waals surface area contributed by atoms with Crippen LogP contribution in [0.3, 0.4) is 0 Å². The molecule has 0 saturated carbocycles. The molecule has 0 radical (unpaired) electrons. The Kier molecular flexibility index (Phi) is 6.81. The Labute approximate surface area is 88.4 Å². The van der Waals surface area contributed by atoms with E-state index in [4.69, 9.17) is 16.2 Å². The van der Waals surface area contributed by atoms with Crippen LogP contribution >= 0.6 is 0 Å². The number of nitrogens with one attached hydrogen (secondary N) is 2. The topological polar surface area (TPSA) is 99.2 Å². The van der Waals surface area contributed by atoms with Crippen LogP contribution in [0.1, 0.15) is 19.8 Å². The van der Waals surface area contributed by atoms with Crippen molar-refractivity contribution in [3.63, 3.8) is 0 Å². The molecule has 15 heavy (non-hydrogen) atoms. The average molecular weight is 219 g/mol. The predicted molar refractivity (Wildman–Crippen MR) is 55.7 cm³/mol. The third kappa shape index (κ3) is 8.02. The summed E-state index contributed by atoms with van der Waals surface area (Å²) in [7, 11) is 0. The Hall–Kier alpha value is -1.01. The number of carboxylic acid groups (broad SMARTS) is 1. The van der Waals surface area contributed by atoms with Gasteiger partial charge in [-0.15, -0.1) is 0 Å². The van der Waals surface area contributed by atoms with Gasteiger partial charge in [-0.05, 0) is 25.3 Å². The Morgan fingerprint density at radius 3 is 2.67 bits per heavy atom. The molecule has 0 aliphatic carbocycles. The first-order valence-electron chi connectivity index (χ1n) is 4.85. The van der Waals surface area contributed by atoms with Crippen LogP contribution in [0.4, 0.5) is 4.39 Å². The SMILES string of the molecule is CC(CCC(N)C(=O)O)CNCC(=N)F. The molecule has 0 spiro atoms. The summed E-state index contributed by atoms with van der Waals surface area (Å²) in [5, 5.41) is 17.8. The molecule has 0 aliphatic rings. The highest BCUT2D eigenvalue weighted by atomic mass is 19.1. The first-order chi connectivity index (χ1) is 6.93. The van der Waals surface area contributed by atoms with Crippen molar-refractivity contribution >= 4 is 11.9 Å². The van der Waals surface area contributed by atoms with Crippen molar-refractivity contribution in [3.8, 4) is 0 Å². The van der Waals surface area contributed by atoms with Crippen LogP contribution in [0.2, 0.25) is 0 Å². The van der Waals surface area contributed by atoms with Crippen LogP contribution in [-0.2, 0) is 4.79 Å². The molecule has 0 amide bonds. The van der Waals surface area contributed by atoms with Gasteiger partial charge in [0.2, 0.25) is 0 Å². The monoisotopic (exact) mass is 219 g/mol. The maximum absolute atomic E-state index is 12.0. The van der Waals surface area contributed by atoms with Crippen LogP contribution in [0.15, 0.2) is 0 Å². The molecule has 5 N–H and O–H groups in total. The number of halogens is 1. The van der Waals surface area contributed by atoms with Crippen molar-refractivity contribution in [1.82, 2.24) is 5.32 Å². The molecule has 0 aromatic rings. The number of carbonyl (C=O) groups is 1. The summed E-state index contributed by atoms with van der Waals surface area (Å²) >= 11 is 0. The van der Waals surface area contributed by atoms with Crippen molar-refractivity contribution in [2.24, 2.45) is 11.7 Å². The van der Waals surface area contributed by atoms with E-state index in [2.05, 4.69) is 5.32 Å². The maximum Gasteiger partial charge on any atom is 0.320 e. The van der Waals surface area contributed by atoms with Crippen LogP contribution in [0.25, 0.3) is 0 Å². The molecular formula is C9H18FN3O2. The zero-order valence-electron chi connectivity index (χ0n) is 8.79. The number of carboxylic acids is 1. The van der Waals surface area contributed by atoms with Crippen molar-refractivity contribution in [2.75, 3.05) is 13.1 Å². The van der Waals surface area contributed by atoms with Gasteiger partial charge in [0.1, 0.15) is 6.04 Å². The lowest BCUT2D eigenvalue weighted by atomic mass is 10.0. The van der Waals surface area contributed by atoms with Crippen LogP contribution < -0.4 is 11.1 Å². The third-order valence-electron chi connectivity index (χ3n) is 2.06. The molecule has 0 aromatic heterocycles. The molecule has 0 aromatic carbocycles. The summed E-state index contributed by atoms with van der Waals surface area (Å²) in [6, 6.07) is -0.827. The lowest BCUT2D eigenvalue weighted by Gasteiger charge is -2.13. The average Bonchev–Trinajstić information content (AvgIpc) is 2.13. The number of hydrogen-bond acceptors (Lipinski definition) is 4. The van der Waals surface area contributed by atoms with Crippen molar-refractivity contribution < 1.29 is 14.3 Å². The minimum Gasteiger partial charge on any atom is -0.480 e. The van der Waals surface area contributed by atoms with E-state index in [0.717, 1.165) is 0 Å². The molecule has 0 rings (SSSR count). The first kappa shape index (κ1) is 14.0. The van der Waals surface area contributed by atoms with Gasteiger partial charge in [0, 0.05) is 0 Å². The summed E-state index contributed by atoms with van der Waals surface area (Å²) < 4.78 is 12.0. The minimum atomic E-state index is -0.999. The van der Waals surface area contributed by atoms with E-state index < -0.39 is 18.0 Å². The lowest BCUT2D eigenvalue weighted by Crippen LogP contribution is -2.31. The van der Waals surface area contributed by atoms with E-state index in [1.54, 1.807) is 0 Å². The number of nitrogens with two attached hydrogens (primary N) is 1. The molecule has 5 nitrogen and oxygen atoms in total. The highest BCUT2D eigenvalue weighted by Gasteiger charge is 2.12. The van der Waals surface area contributed by atoms with Gasteiger partial charge in [-0.2, -0.15) is 4.39 Å². The zero-order chi connectivity index (χ0) is 11.8. The number of rotatable bonds is 8. The quantitative estimate of drug-likeness (QED) is 0.443. The van der Waals surface area contributed by atoms with Crippen molar-refractivity contribution in [1.29, 1.82) is 5.41 Å². The van der Waals surface area contributed by atoms with Gasteiger partial charge in [-0.25, -0.2) is 0 Å². The Morgan fingerprint density at radius 2 is 2.20 bits per heavy atom. The smallest absolute Gasteiger partial charge is 0.320 e. The van der Waals surface area contributed by atoms with Gasteiger partial charge in [-0.1, -0.05) is 6.92 Å². The second-order valence-corrected chi connectivity index (χ2v) is 3.66. The largest absolute Gasteiger partial charge is 0.480 e. The standard InChI is InChI=1S/C9H18FN3O2/c1-6(4-13-5-8(10)12)2-3-7(11)9(14)15/h6-7,12-13H,2-5,11H2,1H3,(H,14,15). The summed E-state index contributed by atoms with van der Waals surface area (Å²) in [6.45, 7) is 2.40. The normalized spacial score (nSPS) is 14.6. The van der Waals surface area contributed by atoms with E-state index in [-0.39, 0.29) is 12.5 Å². The number of hydrogen-bond donors (Lipinski definition) is 4. The van der Waals surface area contributed by atoms with Crippen molar-refractivity contribution in [3.05, 3.63) is 0 Å². The van der Waals surface area contributed by atoms with Crippen LogP contribution in [0.5, 0.6) is 0 Å². The fourth-order valence-electron chi connectivity index (χ4n) is 1.12.